The second-order valence-corrected chi connectivity index (χ2v) is 5.95. The van der Waals surface area contributed by atoms with Crippen LogP contribution in [0.2, 0.25) is 0 Å². The third-order valence-electron chi connectivity index (χ3n) is 4.22. The SMILES string of the molecule is CCCc1cc(C(=O)N2CCN(Cc3nccn3C)CC2)no1. The highest BCUT2D eigenvalue weighted by Gasteiger charge is 2.24. The van der Waals surface area contributed by atoms with E-state index in [1.807, 2.05) is 28.9 Å². The summed E-state index contributed by atoms with van der Waals surface area (Å²) in [5.41, 5.74) is 0.422. The van der Waals surface area contributed by atoms with Gasteiger partial charge in [0.15, 0.2) is 5.69 Å². The van der Waals surface area contributed by atoms with Crippen molar-refractivity contribution in [2.24, 2.45) is 7.05 Å². The number of rotatable bonds is 5. The van der Waals surface area contributed by atoms with Gasteiger partial charge < -0.3 is 14.0 Å². The molecule has 1 saturated heterocycles. The highest BCUT2D eigenvalue weighted by molar-refractivity contribution is 5.92. The van der Waals surface area contributed by atoms with Crippen molar-refractivity contribution in [3.05, 3.63) is 35.7 Å². The Morgan fingerprint density at radius 1 is 1.30 bits per heavy atom. The van der Waals surface area contributed by atoms with E-state index in [1.54, 1.807) is 6.07 Å². The van der Waals surface area contributed by atoms with Crippen LogP contribution in [0, 0.1) is 0 Å². The molecule has 0 radical (unpaired) electrons. The Morgan fingerprint density at radius 3 is 2.74 bits per heavy atom. The average Bonchev–Trinajstić information content (AvgIpc) is 3.18. The van der Waals surface area contributed by atoms with Crippen molar-refractivity contribution < 1.29 is 9.32 Å². The lowest BCUT2D eigenvalue weighted by molar-refractivity contribution is 0.0614. The first-order valence-corrected chi connectivity index (χ1v) is 8.10. The molecule has 0 atom stereocenters. The average molecular weight is 317 g/mol. The fraction of sp³-hybridized carbons (Fsp3) is 0.562. The maximum absolute atomic E-state index is 12.5. The predicted molar refractivity (Wildman–Crippen MR) is 84.9 cm³/mol. The molecule has 23 heavy (non-hydrogen) atoms. The van der Waals surface area contributed by atoms with Gasteiger partial charge in [0.25, 0.3) is 5.91 Å². The standard InChI is InChI=1S/C16H23N5O2/c1-3-4-13-11-14(18-23-13)16(22)21-9-7-20(8-10-21)12-15-17-5-6-19(15)2/h5-6,11H,3-4,7-10,12H2,1-2H3. The van der Waals surface area contributed by atoms with E-state index in [9.17, 15) is 4.79 Å². The molecule has 0 saturated carbocycles. The quantitative estimate of drug-likeness (QED) is 0.832. The minimum Gasteiger partial charge on any atom is -0.361 e. The lowest BCUT2D eigenvalue weighted by Gasteiger charge is -2.34. The summed E-state index contributed by atoms with van der Waals surface area (Å²) in [5, 5.41) is 3.91. The molecule has 0 aromatic carbocycles. The number of carbonyl (C=O) groups excluding carboxylic acids is 1. The van der Waals surface area contributed by atoms with Crippen molar-refractivity contribution in [1.29, 1.82) is 0 Å². The maximum atomic E-state index is 12.5. The number of aromatic nitrogens is 3. The molecule has 2 aromatic heterocycles. The molecule has 0 unspecified atom stereocenters. The molecule has 7 nitrogen and oxygen atoms in total. The van der Waals surface area contributed by atoms with E-state index >= 15 is 0 Å². The van der Waals surface area contributed by atoms with Crippen molar-refractivity contribution >= 4 is 5.91 Å². The van der Waals surface area contributed by atoms with Crippen LogP contribution in [0.5, 0.6) is 0 Å². The van der Waals surface area contributed by atoms with Crippen molar-refractivity contribution in [3.63, 3.8) is 0 Å². The first-order chi connectivity index (χ1) is 11.2. The summed E-state index contributed by atoms with van der Waals surface area (Å²) in [7, 11) is 2.00. The van der Waals surface area contributed by atoms with Crippen molar-refractivity contribution in [2.45, 2.75) is 26.3 Å². The molecule has 7 heteroatoms. The first kappa shape index (κ1) is 15.7. The van der Waals surface area contributed by atoms with Crippen LogP contribution in [-0.4, -0.2) is 56.6 Å². The Balaban J connectivity index is 1.53. The number of carbonyl (C=O) groups is 1. The summed E-state index contributed by atoms with van der Waals surface area (Å²) < 4.78 is 7.23. The Bertz CT molecular complexity index is 655. The first-order valence-electron chi connectivity index (χ1n) is 8.10. The van der Waals surface area contributed by atoms with Crippen LogP contribution in [0.4, 0.5) is 0 Å². The van der Waals surface area contributed by atoms with E-state index in [4.69, 9.17) is 4.52 Å². The maximum Gasteiger partial charge on any atom is 0.276 e. The fourth-order valence-corrected chi connectivity index (χ4v) is 2.80. The molecule has 1 aliphatic heterocycles. The van der Waals surface area contributed by atoms with Gasteiger partial charge >= 0.3 is 0 Å². The number of nitrogens with zero attached hydrogens (tertiary/aromatic N) is 5. The number of piperazine rings is 1. The molecule has 1 fully saturated rings. The summed E-state index contributed by atoms with van der Waals surface area (Å²) in [4.78, 5) is 21.0. The molecular formula is C16H23N5O2. The largest absolute Gasteiger partial charge is 0.361 e. The molecule has 3 rings (SSSR count). The van der Waals surface area contributed by atoms with Gasteiger partial charge in [-0.3, -0.25) is 9.69 Å². The van der Waals surface area contributed by atoms with Gasteiger partial charge in [0.05, 0.1) is 6.54 Å². The highest BCUT2D eigenvalue weighted by atomic mass is 16.5. The topological polar surface area (TPSA) is 67.4 Å². The highest BCUT2D eigenvalue weighted by Crippen LogP contribution is 2.12. The molecular weight excluding hydrogens is 294 g/mol. The van der Waals surface area contributed by atoms with Gasteiger partial charge in [-0.15, -0.1) is 0 Å². The van der Waals surface area contributed by atoms with E-state index < -0.39 is 0 Å². The zero-order chi connectivity index (χ0) is 16.2. The Labute approximate surface area is 135 Å². The van der Waals surface area contributed by atoms with Gasteiger partial charge in [-0.2, -0.15) is 0 Å². The zero-order valence-corrected chi connectivity index (χ0v) is 13.7. The summed E-state index contributed by atoms with van der Waals surface area (Å²) in [6.45, 7) is 6.00. The summed E-state index contributed by atoms with van der Waals surface area (Å²) >= 11 is 0. The van der Waals surface area contributed by atoms with Crippen LogP contribution >= 0.6 is 0 Å². The van der Waals surface area contributed by atoms with E-state index in [1.165, 1.54) is 0 Å². The van der Waals surface area contributed by atoms with Crippen LogP contribution < -0.4 is 0 Å². The Kier molecular flexibility index (Phi) is 4.76. The minimum absolute atomic E-state index is 0.0345. The number of aryl methyl sites for hydroxylation is 2. The lowest BCUT2D eigenvalue weighted by atomic mass is 10.2. The molecule has 0 N–H and O–H groups in total. The summed E-state index contributed by atoms with van der Waals surface area (Å²) in [6.07, 6.45) is 5.56. The Morgan fingerprint density at radius 2 is 2.09 bits per heavy atom. The number of imidazole rings is 1. The van der Waals surface area contributed by atoms with Crippen LogP contribution in [0.25, 0.3) is 0 Å². The lowest BCUT2D eigenvalue weighted by Crippen LogP contribution is -2.48. The number of hydrogen-bond donors (Lipinski definition) is 0. The molecule has 3 heterocycles. The second kappa shape index (κ2) is 6.95. The monoisotopic (exact) mass is 317 g/mol. The van der Waals surface area contributed by atoms with E-state index in [0.29, 0.717) is 18.8 Å². The van der Waals surface area contributed by atoms with Crippen molar-refractivity contribution in [2.75, 3.05) is 26.2 Å². The predicted octanol–water partition coefficient (Wildman–Crippen LogP) is 1.32. The van der Waals surface area contributed by atoms with Gasteiger partial charge in [0, 0.05) is 58.1 Å². The normalized spacial score (nSPS) is 16.0. The van der Waals surface area contributed by atoms with Gasteiger partial charge in [-0.05, 0) is 6.42 Å². The molecule has 1 aliphatic rings. The van der Waals surface area contributed by atoms with Crippen LogP contribution in [0.15, 0.2) is 23.0 Å². The number of hydrogen-bond acceptors (Lipinski definition) is 5. The fourth-order valence-electron chi connectivity index (χ4n) is 2.80. The van der Waals surface area contributed by atoms with E-state index in [2.05, 4.69) is 22.0 Å². The second-order valence-electron chi connectivity index (χ2n) is 5.95. The van der Waals surface area contributed by atoms with Gasteiger partial charge in [0.2, 0.25) is 0 Å². The molecule has 0 aliphatic carbocycles. The minimum atomic E-state index is -0.0345. The van der Waals surface area contributed by atoms with Gasteiger partial charge in [0.1, 0.15) is 11.6 Å². The zero-order valence-electron chi connectivity index (χ0n) is 13.7. The van der Waals surface area contributed by atoms with Crippen LogP contribution in [0.1, 0.15) is 35.4 Å². The van der Waals surface area contributed by atoms with E-state index in [0.717, 1.165) is 44.1 Å². The van der Waals surface area contributed by atoms with Crippen molar-refractivity contribution in [1.82, 2.24) is 24.5 Å². The summed E-state index contributed by atoms with van der Waals surface area (Å²) in [5.74, 6) is 1.79. The molecule has 124 valence electrons. The van der Waals surface area contributed by atoms with Crippen molar-refractivity contribution in [3.8, 4) is 0 Å². The number of amides is 1. The third kappa shape index (κ3) is 3.61. The Hall–Kier alpha value is -2.15. The molecule has 2 aromatic rings. The molecule has 0 spiro atoms. The third-order valence-corrected chi connectivity index (χ3v) is 4.22. The summed E-state index contributed by atoms with van der Waals surface area (Å²) in [6, 6.07) is 1.77. The van der Waals surface area contributed by atoms with Gasteiger partial charge in [-0.25, -0.2) is 4.98 Å². The molecule has 1 amide bonds. The molecule has 0 bridgehead atoms. The van der Waals surface area contributed by atoms with Crippen LogP contribution in [-0.2, 0) is 20.0 Å². The van der Waals surface area contributed by atoms with E-state index in [-0.39, 0.29) is 5.91 Å². The smallest absolute Gasteiger partial charge is 0.276 e. The van der Waals surface area contributed by atoms with Gasteiger partial charge in [-0.1, -0.05) is 12.1 Å². The van der Waals surface area contributed by atoms with Crippen LogP contribution in [0.3, 0.4) is 0 Å².